The molecule has 0 saturated heterocycles. The average molecular weight is 226 g/mol. The van der Waals surface area contributed by atoms with E-state index in [0.29, 0.717) is 6.61 Å². The summed E-state index contributed by atoms with van der Waals surface area (Å²) in [7, 11) is 0. The van der Waals surface area contributed by atoms with Crippen LogP contribution in [0.4, 0.5) is 0 Å². The topological polar surface area (TPSA) is 35.5 Å². The number of allylic oxidation sites excluding steroid dienone is 2. The summed E-state index contributed by atoms with van der Waals surface area (Å²) in [6, 6.07) is 0. The van der Waals surface area contributed by atoms with Gasteiger partial charge in [-0.3, -0.25) is 0 Å². The summed E-state index contributed by atoms with van der Waals surface area (Å²) in [5.41, 5.74) is 0. The largest absolute Gasteiger partial charge is 0.483 e. The van der Waals surface area contributed by atoms with E-state index in [1.165, 1.54) is 0 Å². The summed E-state index contributed by atoms with van der Waals surface area (Å²) in [6.45, 7) is 7.90. The van der Waals surface area contributed by atoms with Crippen molar-refractivity contribution in [2.24, 2.45) is 0 Å². The van der Waals surface area contributed by atoms with Gasteiger partial charge < -0.3 is 9.47 Å². The van der Waals surface area contributed by atoms with Gasteiger partial charge >= 0.3 is 5.97 Å². The van der Waals surface area contributed by atoms with E-state index in [1.54, 1.807) is 13.0 Å². The first-order chi connectivity index (χ1) is 7.61. The van der Waals surface area contributed by atoms with Gasteiger partial charge in [-0.1, -0.05) is 25.5 Å². The van der Waals surface area contributed by atoms with Gasteiger partial charge in [0.15, 0.2) is 0 Å². The highest BCUT2D eigenvalue weighted by Gasteiger charge is 2.12. The highest BCUT2D eigenvalue weighted by atomic mass is 16.6. The van der Waals surface area contributed by atoms with Crippen molar-refractivity contribution in [1.82, 2.24) is 0 Å². The molecule has 3 heteroatoms. The third-order valence-corrected chi connectivity index (χ3v) is 1.76. The lowest BCUT2D eigenvalue weighted by Crippen LogP contribution is -2.15. The van der Waals surface area contributed by atoms with Crippen LogP contribution in [0.5, 0.6) is 0 Å². The van der Waals surface area contributed by atoms with E-state index in [-0.39, 0.29) is 11.9 Å². The Morgan fingerprint density at radius 1 is 1.31 bits per heavy atom. The molecule has 0 fully saturated rings. The molecule has 0 aliphatic rings. The summed E-state index contributed by atoms with van der Waals surface area (Å²) in [6.07, 6.45) is 7.60. The number of unbranched alkanes of at least 4 members (excludes halogenated alkanes) is 1. The Hall–Kier alpha value is -1.25. The van der Waals surface area contributed by atoms with Crippen molar-refractivity contribution in [2.45, 2.75) is 46.6 Å². The molecule has 0 aliphatic carbocycles. The molecule has 0 saturated carbocycles. The lowest BCUT2D eigenvalue weighted by Gasteiger charge is -2.10. The highest BCUT2D eigenvalue weighted by molar-refractivity contribution is 5.86. The van der Waals surface area contributed by atoms with E-state index in [4.69, 9.17) is 9.47 Å². The molecule has 0 aromatic rings. The molecule has 0 bridgehead atoms. The van der Waals surface area contributed by atoms with Gasteiger partial charge in [-0.2, -0.15) is 0 Å². The molecule has 92 valence electrons. The summed E-state index contributed by atoms with van der Waals surface area (Å²) in [4.78, 5) is 11.5. The van der Waals surface area contributed by atoms with Gasteiger partial charge in [-0.25, -0.2) is 4.79 Å². The summed E-state index contributed by atoms with van der Waals surface area (Å²) >= 11 is 0. The lowest BCUT2D eigenvalue weighted by molar-refractivity contribution is -0.146. The molecule has 0 atom stereocenters. The molecular formula is C13H22O3. The molecule has 0 heterocycles. The number of carbonyl (C=O) groups excluding carboxylic acids is 1. The van der Waals surface area contributed by atoms with Crippen molar-refractivity contribution >= 4 is 5.97 Å². The average Bonchev–Trinajstić information content (AvgIpc) is 2.22. The van der Waals surface area contributed by atoms with Gasteiger partial charge in [-0.05, 0) is 33.3 Å². The Labute approximate surface area is 98.1 Å². The summed E-state index contributed by atoms with van der Waals surface area (Å²) in [5.74, 6) is -0.128. The maximum atomic E-state index is 11.5. The third-order valence-electron chi connectivity index (χ3n) is 1.76. The van der Waals surface area contributed by atoms with Crippen molar-refractivity contribution in [2.75, 3.05) is 6.61 Å². The molecule has 0 spiro atoms. The number of hydrogen-bond acceptors (Lipinski definition) is 3. The maximum Gasteiger partial charge on any atom is 0.373 e. The first-order valence-corrected chi connectivity index (χ1v) is 5.76. The van der Waals surface area contributed by atoms with Crippen LogP contribution in [-0.2, 0) is 14.3 Å². The SMILES string of the molecule is CC=C(OCC=CCCC)C(=O)OC(C)C. The minimum Gasteiger partial charge on any atom is -0.483 e. The first-order valence-electron chi connectivity index (χ1n) is 5.76. The van der Waals surface area contributed by atoms with Crippen LogP contribution in [0.2, 0.25) is 0 Å². The smallest absolute Gasteiger partial charge is 0.373 e. The minimum absolute atomic E-state index is 0.123. The first kappa shape index (κ1) is 14.8. The van der Waals surface area contributed by atoms with Crippen LogP contribution in [0.25, 0.3) is 0 Å². The lowest BCUT2D eigenvalue weighted by atomic mass is 10.3. The Morgan fingerprint density at radius 3 is 2.50 bits per heavy atom. The van der Waals surface area contributed by atoms with Gasteiger partial charge in [-0.15, -0.1) is 0 Å². The van der Waals surface area contributed by atoms with E-state index in [2.05, 4.69) is 6.92 Å². The predicted octanol–water partition coefficient (Wildman–Crippen LogP) is 3.21. The van der Waals surface area contributed by atoms with Crippen LogP contribution >= 0.6 is 0 Å². The van der Waals surface area contributed by atoms with Crippen LogP contribution < -0.4 is 0 Å². The van der Waals surface area contributed by atoms with Gasteiger partial charge in [0.1, 0.15) is 6.61 Å². The quantitative estimate of drug-likeness (QED) is 0.289. The van der Waals surface area contributed by atoms with E-state index in [9.17, 15) is 4.79 Å². The predicted molar refractivity (Wildman–Crippen MR) is 65.0 cm³/mol. The second kappa shape index (κ2) is 9.01. The molecule has 0 N–H and O–H groups in total. The van der Waals surface area contributed by atoms with E-state index in [0.717, 1.165) is 12.8 Å². The monoisotopic (exact) mass is 226 g/mol. The zero-order valence-electron chi connectivity index (χ0n) is 10.7. The molecule has 0 rings (SSSR count). The van der Waals surface area contributed by atoms with E-state index >= 15 is 0 Å². The minimum atomic E-state index is -0.401. The van der Waals surface area contributed by atoms with Gasteiger partial charge in [0.05, 0.1) is 6.10 Å². The standard InChI is InChI=1S/C13H22O3/c1-5-7-8-9-10-15-12(6-2)13(14)16-11(3)4/h6,8-9,11H,5,7,10H2,1-4H3. The van der Waals surface area contributed by atoms with Crippen molar-refractivity contribution in [3.8, 4) is 0 Å². The Balaban J connectivity index is 3.98. The van der Waals surface area contributed by atoms with Crippen LogP contribution in [0, 0.1) is 0 Å². The zero-order chi connectivity index (χ0) is 12.4. The Bertz CT molecular complexity index is 252. The second-order valence-corrected chi connectivity index (χ2v) is 3.68. The number of hydrogen-bond donors (Lipinski definition) is 0. The normalized spacial score (nSPS) is 12.2. The Kier molecular flexibility index (Phi) is 8.31. The molecule has 0 radical (unpaired) electrons. The molecular weight excluding hydrogens is 204 g/mol. The van der Waals surface area contributed by atoms with Crippen molar-refractivity contribution in [3.05, 3.63) is 24.0 Å². The number of ether oxygens (including phenoxy) is 2. The zero-order valence-corrected chi connectivity index (χ0v) is 10.7. The fourth-order valence-corrected chi connectivity index (χ4v) is 1.02. The summed E-state index contributed by atoms with van der Waals surface area (Å²) < 4.78 is 10.3. The van der Waals surface area contributed by atoms with Gasteiger partial charge in [0.2, 0.25) is 5.76 Å². The highest BCUT2D eigenvalue weighted by Crippen LogP contribution is 2.03. The molecule has 0 aromatic heterocycles. The molecule has 0 aliphatic heterocycles. The third kappa shape index (κ3) is 7.10. The number of carbonyl (C=O) groups is 1. The van der Waals surface area contributed by atoms with E-state index < -0.39 is 5.97 Å². The van der Waals surface area contributed by atoms with Crippen molar-refractivity contribution < 1.29 is 14.3 Å². The number of rotatable bonds is 7. The van der Waals surface area contributed by atoms with Crippen LogP contribution in [0.15, 0.2) is 24.0 Å². The molecule has 0 aromatic carbocycles. The molecule has 0 amide bonds. The fourth-order valence-electron chi connectivity index (χ4n) is 1.02. The second-order valence-electron chi connectivity index (χ2n) is 3.68. The van der Waals surface area contributed by atoms with Crippen LogP contribution in [-0.4, -0.2) is 18.7 Å². The van der Waals surface area contributed by atoms with Gasteiger partial charge in [0.25, 0.3) is 0 Å². The summed E-state index contributed by atoms with van der Waals surface area (Å²) in [5, 5.41) is 0. The van der Waals surface area contributed by atoms with Crippen LogP contribution in [0.3, 0.4) is 0 Å². The molecule has 16 heavy (non-hydrogen) atoms. The van der Waals surface area contributed by atoms with Crippen molar-refractivity contribution in [1.29, 1.82) is 0 Å². The van der Waals surface area contributed by atoms with E-state index in [1.807, 2.05) is 26.0 Å². The van der Waals surface area contributed by atoms with Crippen molar-refractivity contribution in [3.63, 3.8) is 0 Å². The van der Waals surface area contributed by atoms with Gasteiger partial charge in [0, 0.05) is 0 Å². The number of esters is 1. The Morgan fingerprint density at radius 2 is 2.00 bits per heavy atom. The maximum absolute atomic E-state index is 11.5. The molecule has 0 unspecified atom stereocenters. The van der Waals surface area contributed by atoms with Crippen LogP contribution in [0.1, 0.15) is 40.5 Å². The fraction of sp³-hybridized carbons (Fsp3) is 0.615. The molecule has 3 nitrogen and oxygen atoms in total.